The quantitative estimate of drug-likeness (QED) is 0.515. The lowest BCUT2D eigenvalue weighted by molar-refractivity contribution is -0.113. The SMILES string of the molecule is CCOc1ccc(C2c3c(-c4cccc(OC)c4)n[nH]c3C(=O)N2CC(OC)OC)cc1. The van der Waals surface area contributed by atoms with Crippen molar-refractivity contribution in [1.82, 2.24) is 15.1 Å². The molecule has 0 bridgehead atoms. The molecule has 168 valence electrons. The van der Waals surface area contributed by atoms with Crippen molar-refractivity contribution in [2.45, 2.75) is 19.3 Å². The lowest BCUT2D eigenvalue weighted by atomic mass is 9.96. The van der Waals surface area contributed by atoms with E-state index in [0.717, 1.165) is 28.2 Å². The molecule has 0 saturated carbocycles. The van der Waals surface area contributed by atoms with Crippen LogP contribution >= 0.6 is 0 Å². The molecular formula is C24H27N3O5. The normalized spacial score (nSPS) is 15.3. The lowest BCUT2D eigenvalue weighted by Crippen LogP contribution is -2.38. The molecule has 1 unspecified atom stereocenters. The smallest absolute Gasteiger partial charge is 0.273 e. The van der Waals surface area contributed by atoms with Gasteiger partial charge in [0.15, 0.2) is 6.29 Å². The molecule has 0 saturated heterocycles. The average molecular weight is 437 g/mol. The fourth-order valence-electron chi connectivity index (χ4n) is 4.04. The van der Waals surface area contributed by atoms with Gasteiger partial charge in [-0.3, -0.25) is 9.89 Å². The van der Waals surface area contributed by atoms with E-state index in [1.54, 1.807) is 26.2 Å². The fraction of sp³-hybridized carbons (Fsp3) is 0.333. The van der Waals surface area contributed by atoms with Crippen molar-refractivity contribution in [1.29, 1.82) is 0 Å². The Hall–Kier alpha value is -3.36. The first kappa shape index (κ1) is 21.9. The summed E-state index contributed by atoms with van der Waals surface area (Å²) in [5.74, 6) is 1.34. The Bertz CT molecular complexity index is 1080. The molecule has 2 aromatic carbocycles. The molecule has 0 aliphatic carbocycles. The van der Waals surface area contributed by atoms with Gasteiger partial charge in [0, 0.05) is 25.3 Å². The first-order chi connectivity index (χ1) is 15.6. The number of carbonyl (C=O) groups is 1. The first-order valence-electron chi connectivity index (χ1n) is 10.4. The minimum atomic E-state index is -0.554. The zero-order chi connectivity index (χ0) is 22.7. The van der Waals surface area contributed by atoms with E-state index in [1.165, 1.54) is 0 Å². The zero-order valence-electron chi connectivity index (χ0n) is 18.6. The number of rotatable bonds is 9. The molecule has 2 heterocycles. The second-order valence-corrected chi connectivity index (χ2v) is 7.36. The third kappa shape index (κ3) is 3.94. The predicted octanol–water partition coefficient (Wildman–Crippen LogP) is 3.65. The summed E-state index contributed by atoms with van der Waals surface area (Å²) in [5, 5.41) is 7.45. The summed E-state index contributed by atoms with van der Waals surface area (Å²) in [5.41, 5.74) is 3.80. The summed E-state index contributed by atoms with van der Waals surface area (Å²) in [7, 11) is 4.74. The summed E-state index contributed by atoms with van der Waals surface area (Å²) in [4.78, 5) is 15.1. The van der Waals surface area contributed by atoms with Crippen LogP contribution in [0.4, 0.5) is 0 Å². The van der Waals surface area contributed by atoms with Crippen molar-refractivity contribution in [3.05, 3.63) is 65.4 Å². The van der Waals surface area contributed by atoms with Gasteiger partial charge in [-0.15, -0.1) is 0 Å². The molecule has 3 aromatic rings. The summed E-state index contributed by atoms with van der Waals surface area (Å²) in [6.45, 7) is 2.80. The standard InChI is InChI=1S/C24H27N3O5/c1-5-32-17-11-9-15(10-12-17)23-20-21(16-7-6-8-18(13-16)29-2)25-26-22(20)24(28)27(23)14-19(30-3)31-4/h6-13,19,23H,5,14H2,1-4H3,(H,25,26). The predicted molar refractivity (Wildman–Crippen MR) is 119 cm³/mol. The van der Waals surface area contributed by atoms with Crippen molar-refractivity contribution in [3.63, 3.8) is 0 Å². The van der Waals surface area contributed by atoms with Crippen LogP contribution in [0.2, 0.25) is 0 Å². The van der Waals surface area contributed by atoms with Crippen LogP contribution in [0.3, 0.4) is 0 Å². The fourth-order valence-corrected chi connectivity index (χ4v) is 4.04. The summed E-state index contributed by atoms with van der Waals surface area (Å²) < 4.78 is 21.7. The number of methoxy groups -OCH3 is 3. The van der Waals surface area contributed by atoms with Crippen molar-refractivity contribution in [3.8, 4) is 22.8 Å². The van der Waals surface area contributed by atoms with Gasteiger partial charge < -0.3 is 23.8 Å². The van der Waals surface area contributed by atoms with E-state index in [2.05, 4.69) is 10.2 Å². The number of benzene rings is 2. The Kier molecular flexibility index (Phi) is 6.43. The number of carbonyl (C=O) groups excluding carboxylic acids is 1. The maximum atomic E-state index is 13.4. The van der Waals surface area contributed by atoms with Gasteiger partial charge in [-0.1, -0.05) is 24.3 Å². The van der Waals surface area contributed by atoms with Gasteiger partial charge in [0.25, 0.3) is 5.91 Å². The molecule has 1 N–H and O–H groups in total. The summed E-state index contributed by atoms with van der Waals surface area (Å²) in [6.07, 6.45) is -0.554. The zero-order valence-corrected chi connectivity index (χ0v) is 18.6. The molecular weight excluding hydrogens is 410 g/mol. The van der Waals surface area contributed by atoms with Crippen molar-refractivity contribution < 1.29 is 23.7 Å². The van der Waals surface area contributed by atoms with Crippen LogP contribution < -0.4 is 9.47 Å². The minimum absolute atomic E-state index is 0.153. The first-order valence-corrected chi connectivity index (χ1v) is 10.4. The van der Waals surface area contributed by atoms with E-state index in [-0.39, 0.29) is 18.5 Å². The Morgan fingerprint density at radius 3 is 2.47 bits per heavy atom. The molecule has 1 aliphatic rings. The Balaban J connectivity index is 1.81. The van der Waals surface area contributed by atoms with E-state index in [1.807, 2.05) is 55.5 Å². The van der Waals surface area contributed by atoms with Gasteiger partial charge in [0.1, 0.15) is 17.2 Å². The number of fused-ring (bicyclic) bond motifs is 1. The van der Waals surface area contributed by atoms with Gasteiger partial charge in [0.05, 0.1) is 32.0 Å². The molecule has 0 fully saturated rings. The molecule has 0 spiro atoms. The topological polar surface area (TPSA) is 85.9 Å². The van der Waals surface area contributed by atoms with E-state index >= 15 is 0 Å². The van der Waals surface area contributed by atoms with Crippen LogP contribution in [0.1, 0.15) is 34.6 Å². The highest BCUT2D eigenvalue weighted by Crippen LogP contribution is 2.43. The molecule has 0 radical (unpaired) electrons. The maximum Gasteiger partial charge on any atom is 0.273 e. The van der Waals surface area contributed by atoms with Crippen molar-refractivity contribution in [2.75, 3.05) is 34.5 Å². The molecule has 1 atom stereocenters. The number of aromatic nitrogens is 2. The van der Waals surface area contributed by atoms with Crippen molar-refractivity contribution >= 4 is 5.91 Å². The van der Waals surface area contributed by atoms with Gasteiger partial charge in [0.2, 0.25) is 0 Å². The average Bonchev–Trinajstić information content (AvgIpc) is 3.37. The number of hydrogen-bond acceptors (Lipinski definition) is 6. The van der Waals surface area contributed by atoms with Crippen LogP contribution in [0.15, 0.2) is 48.5 Å². The van der Waals surface area contributed by atoms with E-state index in [0.29, 0.717) is 18.0 Å². The van der Waals surface area contributed by atoms with Crippen LogP contribution in [0.25, 0.3) is 11.3 Å². The number of amides is 1. The molecule has 1 amide bonds. The molecule has 1 aliphatic heterocycles. The number of H-pyrrole nitrogens is 1. The molecule has 4 rings (SSSR count). The lowest BCUT2D eigenvalue weighted by Gasteiger charge is -2.29. The Labute approximate surface area is 187 Å². The highest BCUT2D eigenvalue weighted by Gasteiger charge is 2.43. The van der Waals surface area contributed by atoms with Crippen LogP contribution in [-0.2, 0) is 9.47 Å². The summed E-state index contributed by atoms with van der Waals surface area (Å²) >= 11 is 0. The van der Waals surface area contributed by atoms with Gasteiger partial charge in [-0.2, -0.15) is 5.10 Å². The largest absolute Gasteiger partial charge is 0.497 e. The number of nitrogens with zero attached hydrogens (tertiary/aromatic N) is 2. The number of aromatic amines is 1. The second-order valence-electron chi connectivity index (χ2n) is 7.36. The van der Waals surface area contributed by atoms with E-state index < -0.39 is 6.29 Å². The highest BCUT2D eigenvalue weighted by molar-refractivity contribution is 6.00. The number of nitrogens with one attached hydrogen (secondary N) is 1. The molecule has 1 aromatic heterocycles. The third-order valence-corrected chi connectivity index (χ3v) is 5.59. The van der Waals surface area contributed by atoms with Crippen LogP contribution in [0, 0.1) is 0 Å². The van der Waals surface area contributed by atoms with E-state index in [4.69, 9.17) is 18.9 Å². The van der Waals surface area contributed by atoms with E-state index in [9.17, 15) is 4.79 Å². The number of hydrogen-bond donors (Lipinski definition) is 1. The minimum Gasteiger partial charge on any atom is -0.497 e. The third-order valence-electron chi connectivity index (χ3n) is 5.59. The van der Waals surface area contributed by atoms with Gasteiger partial charge in [-0.05, 0) is 36.8 Å². The molecule has 8 heteroatoms. The molecule has 32 heavy (non-hydrogen) atoms. The Morgan fingerprint density at radius 2 is 1.81 bits per heavy atom. The van der Waals surface area contributed by atoms with Gasteiger partial charge in [-0.25, -0.2) is 0 Å². The van der Waals surface area contributed by atoms with Crippen molar-refractivity contribution in [2.24, 2.45) is 0 Å². The summed E-state index contributed by atoms with van der Waals surface area (Å²) in [6, 6.07) is 15.1. The monoisotopic (exact) mass is 437 g/mol. The van der Waals surface area contributed by atoms with Crippen LogP contribution in [-0.4, -0.2) is 61.8 Å². The highest BCUT2D eigenvalue weighted by atomic mass is 16.7. The van der Waals surface area contributed by atoms with Crippen LogP contribution in [0.5, 0.6) is 11.5 Å². The second kappa shape index (κ2) is 9.42. The Morgan fingerprint density at radius 1 is 1.06 bits per heavy atom. The molecule has 8 nitrogen and oxygen atoms in total. The maximum absolute atomic E-state index is 13.4. The number of ether oxygens (including phenoxy) is 4. The van der Waals surface area contributed by atoms with Gasteiger partial charge >= 0.3 is 0 Å².